The van der Waals surface area contributed by atoms with E-state index in [4.69, 9.17) is 5.84 Å². The molecule has 0 aromatic heterocycles. The van der Waals surface area contributed by atoms with Gasteiger partial charge in [0.15, 0.2) is 0 Å². The first-order chi connectivity index (χ1) is 6.11. The van der Waals surface area contributed by atoms with Crippen molar-refractivity contribution in [3.05, 3.63) is 35.9 Å². The second-order valence-corrected chi connectivity index (χ2v) is 3.92. The van der Waals surface area contributed by atoms with Crippen LogP contribution in [0.1, 0.15) is 19.4 Å². The molecule has 0 saturated heterocycles. The molecule has 0 spiro atoms. The number of hydrogen-bond donors (Lipinski definition) is 1. The summed E-state index contributed by atoms with van der Waals surface area (Å²) in [6, 6.07) is 8.14. The van der Waals surface area contributed by atoms with Crippen molar-refractivity contribution in [2.75, 3.05) is 5.01 Å². The maximum Gasteiger partial charge on any atom is 0.0688 e. The minimum absolute atomic E-state index is 0.0889. The van der Waals surface area contributed by atoms with Crippen molar-refractivity contribution in [3.63, 3.8) is 0 Å². The molecule has 68 valence electrons. The van der Waals surface area contributed by atoms with Gasteiger partial charge in [-0.05, 0) is 25.5 Å². The molecule has 0 aliphatic carbocycles. The van der Waals surface area contributed by atoms with Crippen LogP contribution in [-0.4, -0.2) is 5.54 Å². The summed E-state index contributed by atoms with van der Waals surface area (Å²) in [7, 11) is 0. The van der Waals surface area contributed by atoms with Crippen molar-refractivity contribution in [1.82, 2.24) is 0 Å². The van der Waals surface area contributed by atoms with E-state index in [9.17, 15) is 0 Å². The highest BCUT2D eigenvalue weighted by molar-refractivity contribution is 5.72. The van der Waals surface area contributed by atoms with Gasteiger partial charge in [-0.3, -0.25) is 0 Å². The fraction of sp³-hybridized carbons (Fsp3) is 0.273. The van der Waals surface area contributed by atoms with Gasteiger partial charge in [0.05, 0.1) is 11.2 Å². The van der Waals surface area contributed by atoms with Crippen LogP contribution in [0.5, 0.6) is 0 Å². The van der Waals surface area contributed by atoms with Crippen molar-refractivity contribution < 1.29 is 0 Å². The van der Waals surface area contributed by atoms with Crippen molar-refractivity contribution in [1.29, 1.82) is 0 Å². The smallest absolute Gasteiger partial charge is 0.0688 e. The molecule has 1 aromatic rings. The summed E-state index contributed by atoms with van der Waals surface area (Å²) >= 11 is 0. The lowest BCUT2D eigenvalue weighted by molar-refractivity contribution is 0.571. The molecule has 2 heteroatoms. The van der Waals surface area contributed by atoms with Crippen LogP contribution in [0.4, 0.5) is 5.69 Å². The van der Waals surface area contributed by atoms with Crippen molar-refractivity contribution in [2.45, 2.75) is 19.4 Å². The van der Waals surface area contributed by atoms with E-state index in [1.807, 2.05) is 23.2 Å². The fourth-order valence-electron chi connectivity index (χ4n) is 1.53. The van der Waals surface area contributed by atoms with E-state index in [-0.39, 0.29) is 5.54 Å². The summed E-state index contributed by atoms with van der Waals surface area (Å²) in [5.41, 5.74) is 2.19. The van der Waals surface area contributed by atoms with Crippen molar-refractivity contribution in [2.24, 2.45) is 5.84 Å². The van der Waals surface area contributed by atoms with E-state index in [0.717, 1.165) is 5.69 Å². The number of rotatable bonds is 0. The molecule has 1 heterocycles. The van der Waals surface area contributed by atoms with Crippen molar-refractivity contribution in [3.8, 4) is 0 Å². The number of nitrogens with zero attached hydrogens (tertiary/aromatic N) is 1. The third kappa shape index (κ3) is 1.23. The highest BCUT2D eigenvalue weighted by Gasteiger charge is 2.25. The number of hydrogen-bond acceptors (Lipinski definition) is 2. The molecule has 2 N–H and O–H groups in total. The molecule has 1 aliphatic heterocycles. The zero-order valence-electron chi connectivity index (χ0n) is 7.99. The minimum atomic E-state index is -0.0889. The second kappa shape index (κ2) is 2.60. The third-order valence-corrected chi connectivity index (χ3v) is 2.49. The summed E-state index contributed by atoms with van der Waals surface area (Å²) < 4.78 is 0. The SMILES string of the molecule is CC1(C)C=Cc2ccccc2N1N. The average Bonchev–Trinajstić information content (AvgIpc) is 2.13. The van der Waals surface area contributed by atoms with Gasteiger partial charge in [-0.2, -0.15) is 0 Å². The van der Waals surface area contributed by atoms with Crippen LogP contribution >= 0.6 is 0 Å². The first-order valence-corrected chi connectivity index (χ1v) is 4.44. The predicted octanol–water partition coefficient (Wildman–Crippen LogP) is 2.17. The maximum absolute atomic E-state index is 6.01. The molecule has 0 radical (unpaired) electrons. The molecule has 13 heavy (non-hydrogen) atoms. The largest absolute Gasteiger partial charge is 0.301 e. The molecular weight excluding hydrogens is 160 g/mol. The van der Waals surface area contributed by atoms with E-state index in [1.165, 1.54) is 5.56 Å². The van der Waals surface area contributed by atoms with Crippen LogP contribution in [0.25, 0.3) is 6.08 Å². The molecule has 0 saturated carbocycles. The third-order valence-electron chi connectivity index (χ3n) is 2.49. The Kier molecular flexibility index (Phi) is 1.67. The van der Waals surface area contributed by atoms with Crippen LogP contribution in [-0.2, 0) is 0 Å². The predicted molar refractivity (Wildman–Crippen MR) is 56.2 cm³/mol. The van der Waals surface area contributed by atoms with Gasteiger partial charge >= 0.3 is 0 Å². The lowest BCUT2D eigenvalue weighted by atomic mass is 9.96. The minimum Gasteiger partial charge on any atom is -0.301 e. The van der Waals surface area contributed by atoms with Gasteiger partial charge in [0.2, 0.25) is 0 Å². The topological polar surface area (TPSA) is 29.3 Å². The number of benzene rings is 1. The first kappa shape index (κ1) is 8.32. The van der Waals surface area contributed by atoms with Gasteiger partial charge in [0.25, 0.3) is 0 Å². The van der Waals surface area contributed by atoms with Gasteiger partial charge in [-0.1, -0.05) is 30.4 Å². The first-order valence-electron chi connectivity index (χ1n) is 4.44. The molecule has 0 unspecified atom stereocenters. The molecule has 2 rings (SSSR count). The average molecular weight is 174 g/mol. The van der Waals surface area contributed by atoms with Gasteiger partial charge in [0.1, 0.15) is 0 Å². The Bertz CT molecular complexity index is 353. The Morgan fingerprint density at radius 2 is 1.92 bits per heavy atom. The summed E-state index contributed by atoms with van der Waals surface area (Å²) in [4.78, 5) is 0. The summed E-state index contributed by atoms with van der Waals surface area (Å²) in [5, 5.41) is 1.81. The molecule has 0 bridgehead atoms. The van der Waals surface area contributed by atoms with Gasteiger partial charge in [0, 0.05) is 0 Å². The zero-order chi connectivity index (χ0) is 9.47. The maximum atomic E-state index is 6.01. The lowest BCUT2D eigenvalue weighted by Crippen LogP contribution is -2.49. The molecule has 1 aromatic carbocycles. The second-order valence-electron chi connectivity index (χ2n) is 3.92. The molecule has 0 fully saturated rings. The molecular formula is C11H14N2. The normalized spacial score (nSPS) is 18.5. The Balaban J connectivity index is 2.55. The van der Waals surface area contributed by atoms with E-state index >= 15 is 0 Å². The molecule has 2 nitrogen and oxygen atoms in total. The van der Waals surface area contributed by atoms with E-state index in [0.29, 0.717) is 0 Å². The van der Waals surface area contributed by atoms with Crippen LogP contribution in [0.2, 0.25) is 0 Å². The lowest BCUT2D eigenvalue weighted by Gasteiger charge is -2.37. The van der Waals surface area contributed by atoms with Crippen LogP contribution < -0.4 is 10.9 Å². The fourth-order valence-corrected chi connectivity index (χ4v) is 1.53. The Morgan fingerprint density at radius 3 is 2.69 bits per heavy atom. The highest BCUT2D eigenvalue weighted by Crippen LogP contribution is 2.31. The molecule has 0 atom stereocenters. The summed E-state index contributed by atoms with van der Waals surface area (Å²) in [5.74, 6) is 6.01. The van der Waals surface area contributed by atoms with Crippen LogP contribution in [0.3, 0.4) is 0 Å². The number of hydrazine groups is 1. The monoisotopic (exact) mass is 174 g/mol. The number of para-hydroxylation sites is 1. The molecule has 1 aliphatic rings. The Labute approximate surface area is 78.6 Å². The number of nitrogens with two attached hydrogens (primary N) is 1. The summed E-state index contributed by atoms with van der Waals surface area (Å²) in [6.07, 6.45) is 4.24. The quantitative estimate of drug-likeness (QED) is 0.611. The van der Waals surface area contributed by atoms with E-state index in [2.05, 4.69) is 32.1 Å². The van der Waals surface area contributed by atoms with Gasteiger partial charge in [-0.15, -0.1) is 0 Å². The summed E-state index contributed by atoms with van der Waals surface area (Å²) in [6.45, 7) is 4.19. The van der Waals surface area contributed by atoms with Gasteiger partial charge in [-0.25, -0.2) is 5.84 Å². The van der Waals surface area contributed by atoms with E-state index < -0.39 is 0 Å². The van der Waals surface area contributed by atoms with Crippen molar-refractivity contribution >= 4 is 11.8 Å². The Morgan fingerprint density at radius 1 is 1.23 bits per heavy atom. The Hall–Kier alpha value is -1.28. The van der Waals surface area contributed by atoms with Gasteiger partial charge < -0.3 is 5.01 Å². The standard InChI is InChI=1S/C11H14N2/c1-11(2)8-7-9-5-3-4-6-10(9)13(11)12/h3-8H,12H2,1-2H3. The number of anilines is 1. The highest BCUT2D eigenvalue weighted by atomic mass is 15.4. The zero-order valence-corrected chi connectivity index (χ0v) is 7.99. The van der Waals surface area contributed by atoms with E-state index in [1.54, 1.807) is 0 Å². The number of fused-ring (bicyclic) bond motifs is 1. The molecule has 0 amide bonds. The van der Waals surface area contributed by atoms with Crippen LogP contribution in [0, 0.1) is 0 Å². The van der Waals surface area contributed by atoms with Crippen LogP contribution in [0.15, 0.2) is 30.3 Å².